The van der Waals surface area contributed by atoms with Gasteiger partial charge in [0, 0.05) is 30.8 Å². The fourth-order valence-corrected chi connectivity index (χ4v) is 4.49. The number of ether oxygens (including phenoxy) is 2. The minimum absolute atomic E-state index is 0.138. The Bertz CT molecular complexity index is 787. The molecule has 27 heavy (non-hydrogen) atoms. The molecule has 2 aliphatic heterocycles. The fraction of sp³-hybridized carbons (Fsp3) is 0.476. The third kappa shape index (κ3) is 4.03. The third-order valence-corrected chi connectivity index (χ3v) is 6.11. The lowest BCUT2D eigenvalue weighted by atomic mass is 10.1. The lowest BCUT2D eigenvalue weighted by molar-refractivity contribution is -0.139. The second-order valence-corrected chi connectivity index (χ2v) is 8.10. The van der Waals surface area contributed by atoms with Crippen molar-refractivity contribution in [3.63, 3.8) is 0 Å². The molecule has 2 atom stereocenters. The molecule has 2 unspecified atom stereocenters. The fourth-order valence-electron chi connectivity index (χ4n) is 3.79. The monoisotopic (exact) mass is 386 g/mol. The van der Waals surface area contributed by atoms with Crippen LogP contribution >= 0.6 is 11.3 Å². The number of morpholine rings is 1. The Morgan fingerprint density at radius 2 is 2.07 bits per heavy atom. The van der Waals surface area contributed by atoms with E-state index in [9.17, 15) is 4.79 Å². The van der Waals surface area contributed by atoms with Gasteiger partial charge < -0.3 is 14.4 Å². The maximum absolute atomic E-state index is 13.4. The highest BCUT2D eigenvalue weighted by atomic mass is 32.1. The lowest BCUT2D eigenvalue weighted by Gasteiger charge is -2.35. The van der Waals surface area contributed by atoms with Crippen molar-refractivity contribution in [3.05, 3.63) is 51.7 Å². The lowest BCUT2D eigenvalue weighted by Crippen LogP contribution is -2.51. The zero-order valence-electron chi connectivity index (χ0n) is 15.9. The van der Waals surface area contributed by atoms with Crippen molar-refractivity contribution in [1.82, 2.24) is 9.80 Å². The second-order valence-electron chi connectivity index (χ2n) is 7.32. The molecular formula is C21H26N2O3S. The van der Waals surface area contributed by atoms with Gasteiger partial charge in [-0.15, -0.1) is 0 Å². The highest BCUT2D eigenvalue weighted by Gasteiger charge is 2.32. The summed E-state index contributed by atoms with van der Waals surface area (Å²) in [5, 5.41) is 4.17. The minimum Gasteiger partial charge on any atom is -0.483 e. The molecule has 0 radical (unpaired) electrons. The quantitative estimate of drug-likeness (QED) is 0.812. The SMILES string of the molecule is Cc1ccc2c(c1)CN(C(=O)C(C)N1CCOCC1)CC(c1ccsc1)O2. The van der Waals surface area contributed by atoms with E-state index in [2.05, 4.69) is 40.8 Å². The summed E-state index contributed by atoms with van der Waals surface area (Å²) < 4.78 is 11.8. The van der Waals surface area contributed by atoms with E-state index in [1.165, 1.54) is 5.56 Å². The van der Waals surface area contributed by atoms with Crippen LogP contribution in [0.15, 0.2) is 35.0 Å². The summed E-state index contributed by atoms with van der Waals surface area (Å²) in [5.41, 5.74) is 3.39. The average molecular weight is 387 g/mol. The molecule has 6 heteroatoms. The first-order valence-corrected chi connectivity index (χ1v) is 10.4. The number of aryl methyl sites for hydroxylation is 1. The van der Waals surface area contributed by atoms with Gasteiger partial charge in [0.15, 0.2) is 0 Å². The second kappa shape index (κ2) is 8.00. The van der Waals surface area contributed by atoms with E-state index in [1.807, 2.05) is 17.9 Å². The summed E-state index contributed by atoms with van der Waals surface area (Å²) in [7, 11) is 0. The first kappa shape index (κ1) is 18.5. The maximum Gasteiger partial charge on any atom is 0.240 e. The molecule has 3 heterocycles. The van der Waals surface area contributed by atoms with Crippen LogP contribution < -0.4 is 4.74 Å². The van der Waals surface area contributed by atoms with Gasteiger partial charge in [0.05, 0.1) is 25.8 Å². The van der Waals surface area contributed by atoms with E-state index >= 15 is 0 Å². The van der Waals surface area contributed by atoms with Crippen LogP contribution in [0.2, 0.25) is 0 Å². The summed E-state index contributed by atoms with van der Waals surface area (Å²) in [6.45, 7) is 8.24. The maximum atomic E-state index is 13.4. The molecule has 2 aliphatic rings. The first-order valence-electron chi connectivity index (χ1n) is 9.50. The van der Waals surface area contributed by atoms with Crippen LogP contribution in [0.4, 0.5) is 0 Å². The van der Waals surface area contributed by atoms with Gasteiger partial charge in [0.1, 0.15) is 11.9 Å². The van der Waals surface area contributed by atoms with E-state index < -0.39 is 0 Å². The van der Waals surface area contributed by atoms with Crippen LogP contribution in [0.5, 0.6) is 5.75 Å². The normalized spacial score (nSPS) is 21.9. The molecule has 144 valence electrons. The van der Waals surface area contributed by atoms with Crippen LogP contribution in [-0.4, -0.2) is 54.6 Å². The minimum atomic E-state index is -0.150. The molecule has 0 saturated carbocycles. The highest BCUT2D eigenvalue weighted by Crippen LogP contribution is 2.33. The van der Waals surface area contributed by atoms with Crippen LogP contribution in [0.25, 0.3) is 0 Å². The number of carbonyl (C=O) groups excluding carboxylic acids is 1. The van der Waals surface area contributed by atoms with Gasteiger partial charge in [0.25, 0.3) is 0 Å². The van der Waals surface area contributed by atoms with Gasteiger partial charge >= 0.3 is 0 Å². The number of hydrogen-bond donors (Lipinski definition) is 0. The molecule has 0 spiro atoms. The zero-order chi connectivity index (χ0) is 18.8. The van der Waals surface area contributed by atoms with Crippen LogP contribution in [0, 0.1) is 6.92 Å². The summed E-state index contributed by atoms with van der Waals surface area (Å²) in [4.78, 5) is 17.5. The predicted octanol–water partition coefficient (Wildman–Crippen LogP) is 3.24. The van der Waals surface area contributed by atoms with Crippen LogP contribution in [0.1, 0.15) is 29.7 Å². The number of benzene rings is 1. The zero-order valence-corrected chi connectivity index (χ0v) is 16.7. The Morgan fingerprint density at radius 3 is 2.81 bits per heavy atom. The van der Waals surface area contributed by atoms with E-state index in [4.69, 9.17) is 9.47 Å². The van der Waals surface area contributed by atoms with Crippen LogP contribution in [-0.2, 0) is 16.1 Å². The molecule has 5 nitrogen and oxygen atoms in total. The number of amides is 1. The molecule has 0 N–H and O–H groups in total. The van der Waals surface area contributed by atoms with Crippen molar-refractivity contribution in [3.8, 4) is 5.75 Å². The summed E-state index contributed by atoms with van der Waals surface area (Å²) >= 11 is 1.66. The van der Waals surface area contributed by atoms with Crippen molar-refractivity contribution in [1.29, 1.82) is 0 Å². The van der Waals surface area contributed by atoms with Gasteiger partial charge in [-0.1, -0.05) is 17.7 Å². The molecule has 1 amide bonds. The molecule has 4 rings (SSSR count). The van der Waals surface area contributed by atoms with E-state index in [-0.39, 0.29) is 18.1 Å². The van der Waals surface area contributed by atoms with E-state index in [0.29, 0.717) is 26.3 Å². The Hall–Kier alpha value is -1.89. The van der Waals surface area contributed by atoms with Gasteiger partial charge in [-0.2, -0.15) is 11.3 Å². The predicted molar refractivity (Wildman–Crippen MR) is 106 cm³/mol. The highest BCUT2D eigenvalue weighted by molar-refractivity contribution is 7.07. The summed E-state index contributed by atoms with van der Waals surface area (Å²) in [6.07, 6.45) is -0.138. The number of nitrogens with zero attached hydrogens (tertiary/aromatic N) is 2. The van der Waals surface area contributed by atoms with Gasteiger partial charge in [-0.05, 0) is 36.7 Å². The van der Waals surface area contributed by atoms with Crippen LogP contribution in [0.3, 0.4) is 0 Å². The van der Waals surface area contributed by atoms with Crippen molar-refractivity contribution < 1.29 is 14.3 Å². The molecule has 0 aliphatic carbocycles. The number of fused-ring (bicyclic) bond motifs is 1. The Labute approximate surface area is 164 Å². The Morgan fingerprint density at radius 1 is 1.26 bits per heavy atom. The summed E-state index contributed by atoms with van der Waals surface area (Å²) in [6, 6.07) is 8.16. The summed E-state index contributed by atoms with van der Waals surface area (Å²) in [5.74, 6) is 1.04. The van der Waals surface area contributed by atoms with Gasteiger partial charge in [-0.3, -0.25) is 9.69 Å². The van der Waals surface area contributed by atoms with Gasteiger partial charge in [-0.25, -0.2) is 0 Å². The number of thiophene rings is 1. The van der Waals surface area contributed by atoms with Crippen molar-refractivity contribution in [2.24, 2.45) is 0 Å². The smallest absolute Gasteiger partial charge is 0.240 e. The topological polar surface area (TPSA) is 42.0 Å². The molecular weight excluding hydrogens is 360 g/mol. The Kier molecular flexibility index (Phi) is 5.48. The van der Waals surface area contributed by atoms with Gasteiger partial charge in [0.2, 0.25) is 5.91 Å². The number of rotatable bonds is 3. The standard InChI is InChI=1S/C21H26N2O3S/c1-15-3-4-19-18(11-15)12-23(13-20(26-19)17-5-10-27-14-17)21(24)16(2)22-6-8-25-9-7-22/h3-5,10-11,14,16,20H,6-9,12-13H2,1-2H3. The molecule has 1 saturated heterocycles. The first-order chi connectivity index (χ1) is 13.1. The molecule has 1 fully saturated rings. The van der Waals surface area contributed by atoms with Crippen molar-refractivity contribution in [2.45, 2.75) is 32.5 Å². The molecule has 1 aromatic heterocycles. The van der Waals surface area contributed by atoms with E-state index in [1.54, 1.807) is 11.3 Å². The molecule has 2 aromatic rings. The van der Waals surface area contributed by atoms with Crippen molar-refractivity contribution >= 4 is 17.2 Å². The number of carbonyl (C=O) groups is 1. The van der Waals surface area contributed by atoms with Crippen molar-refractivity contribution in [2.75, 3.05) is 32.8 Å². The third-order valence-electron chi connectivity index (χ3n) is 5.41. The largest absolute Gasteiger partial charge is 0.483 e. The molecule has 0 bridgehead atoms. The molecule has 1 aromatic carbocycles. The Balaban J connectivity index is 1.61. The average Bonchev–Trinajstić information content (AvgIpc) is 3.16. The number of hydrogen-bond acceptors (Lipinski definition) is 5. The van der Waals surface area contributed by atoms with E-state index in [0.717, 1.165) is 30.0 Å².